The van der Waals surface area contributed by atoms with E-state index in [1.165, 1.54) is 11.8 Å². The van der Waals surface area contributed by atoms with E-state index in [4.69, 9.17) is 15.9 Å². The van der Waals surface area contributed by atoms with Crippen molar-refractivity contribution in [1.29, 1.82) is 0 Å². The lowest BCUT2D eigenvalue weighted by Gasteiger charge is -2.23. The molecule has 0 rings (SSSR count). The third kappa shape index (κ3) is 8.73. The number of rotatable bonds is 12. The Morgan fingerprint density at radius 1 is 1.08 bits per heavy atom. The molecule has 0 unspecified atom stereocenters. The molecule has 0 saturated carbocycles. The average Bonchev–Trinajstić information content (AvgIpc) is 2.55. The molecule has 2 amide bonds. The summed E-state index contributed by atoms with van der Waals surface area (Å²) in [5.41, 5.74) is 5.78. The van der Waals surface area contributed by atoms with Crippen molar-refractivity contribution in [2.75, 3.05) is 12.0 Å². The molecule has 0 fully saturated rings. The Morgan fingerprint density at radius 3 is 2.08 bits per heavy atom. The minimum absolute atomic E-state index is 0.151. The van der Waals surface area contributed by atoms with E-state index in [9.17, 15) is 19.2 Å². The Kier molecular flexibility index (Phi) is 10.8. The second-order valence-electron chi connectivity index (χ2n) is 5.75. The maximum Gasteiger partial charge on any atom is 0.326 e. The molecule has 0 aliphatic carbocycles. The predicted octanol–water partition coefficient (Wildman–Crippen LogP) is -0.358. The number of nitrogens with two attached hydrogens (primary N) is 1. The van der Waals surface area contributed by atoms with Crippen molar-refractivity contribution >= 4 is 35.5 Å². The minimum atomic E-state index is -1.39. The highest BCUT2D eigenvalue weighted by molar-refractivity contribution is 7.98. The van der Waals surface area contributed by atoms with Crippen LogP contribution >= 0.6 is 11.8 Å². The standard InChI is InChI=1S/C15H27N3O6S/c1-4-8(2)12(16)14(22)18-10(7-11(19)20)13(21)17-9(15(23)24)5-6-25-3/h8-10,12H,4-7,16H2,1-3H3,(H,17,21)(H,18,22)(H,19,20)(H,23,24)/t8-,9-,10-,12-/m0/s1. The summed E-state index contributed by atoms with van der Waals surface area (Å²) in [6.45, 7) is 3.61. The van der Waals surface area contributed by atoms with Gasteiger partial charge in [-0.15, -0.1) is 0 Å². The van der Waals surface area contributed by atoms with Gasteiger partial charge in [0.25, 0.3) is 0 Å². The summed E-state index contributed by atoms with van der Waals surface area (Å²) in [5.74, 6) is -3.67. The Morgan fingerprint density at radius 2 is 1.64 bits per heavy atom. The molecule has 0 spiro atoms. The number of carboxylic acid groups (broad SMARTS) is 2. The third-order valence-electron chi connectivity index (χ3n) is 3.80. The summed E-state index contributed by atoms with van der Waals surface area (Å²) in [5, 5.41) is 22.7. The first-order valence-corrected chi connectivity index (χ1v) is 9.33. The fourth-order valence-electron chi connectivity index (χ4n) is 1.93. The van der Waals surface area contributed by atoms with E-state index in [0.29, 0.717) is 12.2 Å². The molecule has 0 aliphatic heterocycles. The Hall–Kier alpha value is -1.81. The molecular weight excluding hydrogens is 350 g/mol. The summed E-state index contributed by atoms with van der Waals surface area (Å²) in [4.78, 5) is 46.5. The predicted molar refractivity (Wildman–Crippen MR) is 94.2 cm³/mol. The molecular formula is C15H27N3O6S. The fourth-order valence-corrected chi connectivity index (χ4v) is 2.40. The number of hydrogen-bond donors (Lipinski definition) is 5. The first-order valence-electron chi connectivity index (χ1n) is 7.93. The van der Waals surface area contributed by atoms with Crippen LogP contribution < -0.4 is 16.4 Å². The van der Waals surface area contributed by atoms with Crippen molar-refractivity contribution in [1.82, 2.24) is 10.6 Å². The largest absolute Gasteiger partial charge is 0.481 e. The molecule has 25 heavy (non-hydrogen) atoms. The summed E-state index contributed by atoms with van der Waals surface area (Å²) in [6.07, 6.45) is 1.95. The normalized spacial score (nSPS) is 15.5. The van der Waals surface area contributed by atoms with Crippen molar-refractivity contribution in [3.8, 4) is 0 Å². The second kappa shape index (κ2) is 11.7. The van der Waals surface area contributed by atoms with Gasteiger partial charge >= 0.3 is 11.9 Å². The summed E-state index contributed by atoms with van der Waals surface area (Å²) in [6, 6.07) is -3.44. The zero-order valence-corrected chi connectivity index (χ0v) is 15.5. The number of aliphatic carboxylic acids is 2. The van der Waals surface area contributed by atoms with Gasteiger partial charge in [-0.25, -0.2) is 4.79 Å². The zero-order chi connectivity index (χ0) is 19.6. The molecule has 0 aromatic rings. The molecule has 0 saturated heterocycles. The zero-order valence-electron chi connectivity index (χ0n) is 14.7. The Labute approximate surface area is 151 Å². The molecule has 144 valence electrons. The lowest BCUT2D eigenvalue weighted by molar-refractivity contribution is -0.143. The van der Waals surface area contributed by atoms with Gasteiger partial charge in [-0.2, -0.15) is 11.8 Å². The smallest absolute Gasteiger partial charge is 0.326 e. The van der Waals surface area contributed by atoms with Gasteiger partial charge in [-0.3, -0.25) is 14.4 Å². The van der Waals surface area contributed by atoms with E-state index in [1.54, 1.807) is 13.2 Å². The van der Waals surface area contributed by atoms with Crippen LogP contribution in [0.3, 0.4) is 0 Å². The number of thioether (sulfide) groups is 1. The first-order chi connectivity index (χ1) is 11.6. The monoisotopic (exact) mass is 377 g/mol. The molecule has 9 nitrogen and oxygen atoms in total. The van der Waals surface area contributed by atoms with E-state index >= 15 is 0 Å². The van der Waals surface area contributed by atoms with E-state index in [1.807, 2.05) is 6.92 Å². The van der Waals surface area contributed by atoms with Crippen molar-refractivity contribution < 1.29 is 29.4 Å². The number of carbonyl (C=O) groups excluding carboxylic acids is 2. The summed E-state index contributed by atoms with van der Waals surface area (Å²) < 4.78 is 0. The fraction of sp³-hybridized carbons (Fsp3) is 0.733. The van der Waals surface area contributed by atoms with E-state index in [2.05, 4.69) is 10.6 Å². The van der Waals surface area contributed by atoms with Crippen molar-refractivity contribution in [3.05, 3.63) is 0 Å². The number of carboxylic acids is 2. The summed E-state index contributed by atoms with van der Waals surface area (Å²) >= 11 is 1.42. The summed E-state index contributed by atoms with van der Waals surface area (Å²) in [7, 11) is 0. The van der Waals surface area contributed by atoms with Crippen molar-refractivity contribution in [2.24, 2.45) is 11.7 Å². The molecule has 0 bridgehead atoms. The molecule has 0 aromatic heterocycles. The maximum absolute atomic E-state index is 12.3. The van der Waals surface area contributed by atoms with Crippen LogP contribution in [0, 0.1) is 5.92 Å². The van der Waals surface area contributed by atoms with Gasteiger partial charge in [0.05, 0.1) is 12.5 Å². The van der Waals surface area contributed by atoms with Crippen molar-refractivity contribution in [3.63, 3.8) is 0 Å². The van der Waals surface area contributed by atoms with Gasteiger partial charge in [-0.05, 0) is 24.3 Å². The van der Waals surface area contributed by atoms with Gasteiger partial charge < -0.3 is 26.6 Å². The van der Waals surface area contributed by atoms with Crippen LogP contribution in [0.15, 0.2) is 0 Å². The highest BCUT2D eigenvalue weighted by Crippen LogP contribution is 2.07. The maximum atomic E-state index is 12.3. The van der Waals surface area contributed by atoms with Crippen LogP contribution in [0.2, 0.25) is 0 Å². The SMILES string of the molecule is CC[C@H](C)[C@H](N)C(=O)N[C@@H](CC(=O)O)C(=O)N[C@@H](CCSC)C(=O)O. The van der Waals surface area contributed by atoms with E-state index in [-0.39, 0.29) is 12.3 Å². The lowest BCUT2D eigenvalue weighted by atomic mass is 9.99. The van der Waals surface area contributed by atoms with E-state index < -0.39 is 48.3 Å². The number of hydrogen-bond acceptors (Lipinski definition) is 6. The van der Waals surface area contributed by atoms with Crippen LogP contribution in [-0.2, 0) is 19.2 Å². The van der Waals surface area contributed by atoms with Gasteiger partial charge in [0.15, 0.2) is 0 Å². The van der Waals surface area contributed by atoms with Crippen molar-refractivity contribution in [2.45, 2.75) is 51.2 Å². The van der Waals surface area contributed by atoms with Crippen LogP contribution in [-0.4, -0.2) is 64.1 Å². The molecule has 4 atom stereocenters. The number of nitrogens with one attached hydrogen (secondary N) is 2. The van der Waals surface area contributed by atoms with Gasteiger partial charge in [-0.1, -0.05) is 20.3 Å². The number of carbonyl (C=O) groups is 4. The van der Waals surface area contributed by atoms with Gasteiger partial charge in [0.1, 0.15) is 12.1 Å². The van der Waals surface area contributed by atoms with Crippen LogP contribution in [0.25, 0.3) is 0 Å². The highest BCUT2D eigenvalue weighted by Gasteiger charge is 2.30. The molecule has 0 radical (unpaired) electrons. The van der Waals surface area contributed by atoms with Gasteiger partial charge in [0, 0.05) is 0 Å². The second-order valence-corrected chi connectivity index (χ2v) is 6.74. The van der Waals surface area contributed by atoms with Gasteiger partial charge in [0.2, 0.25) is 11.8 Å². The van der Waals surface area contributed by atoms with Crippen LogP contribution in [0.4, 0.5) is 0 Å². The third-order valence-corrected chi connectivity index (χ3v) is 4.44. The van der Waals surface area contributed by atoms with Crippen LogP contribution in [0.5, 0.6) is 0 Å². The molecule has 6 N–H and O–H groups in total. The molecule has 0 heterocycles. The molecule has 10 heteroatoms. The molecule has 0 aliphatic rings. The molecule has 0 aromatic carbocycles. The number of amides is 2. The highest BCUT2D eigenvalue weighted by atomic mass is 32.2. The minimum Gasteiger partial charge on any atom is -0.481 e. The Balaban J connectivity index is 5.05. The first kappa shape index (κ1) is 23.2. The average molecular weight is 377 g/mol. The Bertz CT molecular complexity index is 488. The van der Waals surface area contributed by atoms with E-state index in [0.717, 1.165) is 0 Å². The lowest BCUT2D eigenvalue weighted by Crippen LogP contribution is -2.56. The van der Waals surface area contributed by atoms with Crippen LogP contribution in [0.1, 0.15) is 33.1 Å². The quantitative estimate of drug-likeness (QED) is 0.308. The topological polar surface area (TPSA) is 159 Å².